The molecule has 26 heavy (non-hydrogen) atoms. The summed E-state index contributed by atoms with van der Waals surface area (Å²) in [6.07, 6.45) is 0. The zero-order chi connectivity index (χ0) is 19.7. The van der Waals surface area contributed by atoms with Crippen LogP contribution in [0.3, 0.4) is 0 Å². The minimum absolute atomic E-state index is 0.0218. The van der Waals surface area contributed by atoms with Gasteiger partial charge >= 0.3 is 5.97 Å². The molecule has 7 N–H and O–H groups in total. The summed E-state index contributed by atoms with van der Waals surface area (Å²) in [4.78, 5) is 9.86. The molecule has 0 aliphatic carbocycles. The number of rotatable bonds is 6. The van der Waals surface area contributed by atoms with Gasteiger partial charge in [0.25, 0.3) is 10.1 Å². The highest BCUT2D eigenvalue weighted by Crippen LogP contribution is 2.30. The van der Waals surface area contributed by atoms with Gasteiger partial charge in [-0.2, -0.15) is 8.42 Å². The fourth-order valence-corrected chi connectivity index (χ4v) is 4.02. The van der Waals surface area contributed by atoms with Crippen LogP contribution in [0.4, 0.5) is 22.7 Å². The summed E-state index contributed by atoms with van der Waals surface area (Å²) in [5.74, 6) is -2.69. The van der Waals surface area contributed by atoms with Crippen molar-refractivity contribution in [3.8, 4) is 0 Å². The predicted octanol–water partition coefficient (Wildman–Crippen LogP) is 0.700. The molecule has 2 rings (SSSR count). The molecule has 10 nitrogen and oxygen atoms in total. The molecule has 140 valence electrons. The molecule has 0 heterocycles. The van der Waals surface area contributed by atoms with Gasteiger partial charge in [-0.05, 0) is 36.4 Å². The molecule has 0 aliphatic heterocycles. The lowest BCUT2D eigenvalue weighted by atomic mass is 10.2. The molecule has 0 saturated heterocycles. The minimum Gasteiger partial charge on any atom is -0.480 e. The number of hydrogen-bond acceptors (Lipinski definition) is 8. The first-order valence-corrected chi connectivity index (χ1v) is 9.97. The van der Waals surface area contributed by atoms with E-state index in [1.165, 1.54) is 24.3 Å². The topological polar surface area (TPSA) is 190 Å². The molecule has 0 amide bonds. The van der Waals surface area contributed by atoms with E-state index in [0.29, 0.717) is 0 Å². The molecule has 0 fully saturated rings. The lowest BCUT2D eigenvalue weighted by molar-refractivity contribution is -0.134. The average molecular weight is 401 g/mol. The van der Waals surface area contributed by atoms with E-state index >= 15 is 0 Å². The molecule has 0 radical (unpaired) electrons. The number of carboxylic acids is 1. The van der Waals surface area contributed by atoms with Crippen LogP contribution < -0.4 is 16.8 Å². The van der Waals surface area contributed by atoms with Crippen LogP contribution in [-0.2, 0) is 24.7 Å². The highest BCUT2D eigenvalue weighted by molar-refractivity contribution is 7.92. The van der Waals surface area contributed by atoms with E-state index in [1.807, 2.05) is 0 Å². The van der Waals surface area contributed by atoms with Crippen LogP contribution in [0.15, 0.2) is 46.2 Å². The number of carbonyl (C=O) groups is 1. The van der Waals surface area contributed by atoms with Crippen LogP contribution in [0, 0.1) is 0 Å². The van der Waals surface area contributed by atoms with E-state index in [0.717, 1.165) is 12.1 Å². The van der Waals surface area contributed by atoms with Gasteiger partial charge in [-0.15, -0.1) is 0 Å². The molecule has 2 aromatic carbocycles. The van der Waals surface area contributed by atoms with Crippen molar-refractivity contribution in [3.63, 3.8) is 0 Å². The highest BCUT2D eigenvalue weighted by Gasteiger charge is 2.23. The summed E-state index contributed by atoms with van der Waals surface area (Å²) in [5.41, 5.74) is 11.1. The maximum Gasteiger partial charge on any atom is 0.319 e. The maximum atomic E-state index is 12.3. The van der Waals surface area contributed by atoms with Crippen molar-refractivity contribution >= 4 is 48.7 Å². The molecule has 0 aromatic heterocycles. The van der Waals surface area contributed by atoms with Crippen LogP contribution in [0.5, 0.6) is 0 Å². The van der Waals surface area contributed by atoms with Gasteiger partial charge in [-0.3, -0.25) is 9.35 Å². The number of benzene rings is 2. The normalized spacial score (nSPS) is 11.9. The average Bonchev–Trinajstić information content (AvgIpc) is 2.48. The Morgan fingerprint density at radius 3 is 2.23 bits per heavy atom. The number of anilines is 4. The first-order valence-electron chi connectivity index (χ1n) is 6.88. The number of carboxylic acid groups (broad SMARTS) is 1. The molecule has 12 heteroatoms. The lowest BCUT2D eigenvalue weighted by Gasteiger charge is -2.14. The van der Waals surface area contributed by atoms with Crippen molar-refractivity contribution in [3.05, 3.63) is 36.4 Å². The second-order valence-electron chi connectivity index (χ2n) is 5.26. The Labute approximate surface area is 149 Å². The Hall–Kier alpha value is -2.83. The zero-order valence-electron chi connectivity index (χ0n) is 13.1. The van der Waals surface area contributed by atoms with Crippen LogP contribution in [0.1, 0.15) is 0 Å². The van der Waals surface area contributed by atoms with Gasteiger partial charge in [-0.1, -0.05) is 0 Å². The van der Waals surface area contributed by atoms with Gasteiger partial charge in [0.2, 0.25) is 0 Å². The number of nitrogens with one attached hydrogen (secondary N) is 1. The summed E-state index contributed by atoms with van der Waals surface area (Å²) in [5, 5.41) is 11.4. The minimum atomic E-state index is -4.59. The molecule has 0 saturated carbocycles. The van der Waals surface area contributed by atoms with E-state index in [-0.39, 0.29) is 27.6 Å². The number of sulfone groups is 1. The largest absolute Gasteiger partial charge is 0.480 e. The third-order valence-electron chi connectivity index (χ3n) is 3.22. The van der Waals surface area contributed by atoms with Crippen molar-refractivity contribution in [1.29, 1.82) is 0 Å². The second kappa shape index (κ2) is 6.82. The first kappa shape index (κ1) is 19.5. The SMILES string of the molecule is Nc1ccc(Nc2ccc(N)c(S(=O)(=O)O)c2)c(S(=O)(=O)CC(=O)O)c1. The Morgan fingerprint density at radius 2 is 1.65 bits per heavy atom. The van der Waals surface area contributed by atoms with Crippen LogP contribution >= 0.6 is 0 Å². The van der Waals surface area contributed by atoms with Crippen molar-refractivity contribution in [2.45, 2.75) is 9.79 Å². The van der Waals surface area contributed by atoms with Crippen molar-refractivity contribution in [1.82, 2.24) is 0 Å². The van der Waals surface area contributed by atoms with Gasteiger partial charge < -0.3 is 21.9 Å². The number of nitrogen functional groups attached to an aromatic ring is 2. The van der Waals surface area contributed by atoms with Gasteiger partial charge in [0, 0.05) is 11.4 Å². The number of aliphatic carboxylic acids is 1. The molecule has 0 spiro atoms. The molecule has 2 aromatic rings. The van der Waals surface area contributed by atoms with Crippen LogP contribution in [0.25, 0.3) is 0 Å². The van der Waals surface area contributed by atoms with E-state index < -0.39 is 36.6 Å². The van der Waals surface area contributed by atoms with E-state index in [4.69, 9.17) is 21.1 Å². The standard InChI is InChI=1S/C14H15N3O7S2/c15-8-1-4-11(13(5-8)25(20,21)7-14(18)19)17-9-2-3-10(16)12(6-9)26(22,23)24/h1-6,17H,7,15-16H2,(H,18,19)(H,22,23,24). The second-order valence-corrected chi connectivity index (χ2v) is 8.61. The van der Waals surface area contributed by atoms with Gasteiger partial charge in [-0.25, -0.2) is 8.42 Å². The fourth-order valence-electron chi connectivity index (χ4n) is 2.13. The van der Waals surface area contributed by atoms with Crippen LogP contribution in [-0.4, -0.2) is 38.2 Å². The molecular weight excluding hydrogens is 386 g/mol. The molecule has 0 aliphatic rings. The van der Waals surface area contributed by atoms with Crippen LogP contribution in [0.2, 0.25) is 0 Å². The Kier molecular flexibility index (Phi) is 5.11. The van der Waals surface area contributed by atoms with Gasteiger partial charge in [0.1, 0.15) is 4.90 Å². The Balaban J connectivity index is 2.54. The van der Waals surface area contributed by atoms with Crippen molar-refractivity contribution in [2.75, 3.05) is 22.5 Å². The maximum absolute atomic E-state index is 12.3. The summed E-state index contributed by atoms with van der Waals surface area (Å²) in [6, 6.07) is 7.33. The summed E-state index contributed by atoms with van der Waals surface area (Å²) in [6.45, 7) is 0. The van der Waals surface area contributed by atoms with Crippen molar-refractivity contribution in [2.24, 2.45) is 0 Å². The Morgan fingerprint density at radius 1 is 1.00 bits per heavy atom. The van der Waals surface area contributed by atoms with E-state index in [9.17, 15) is 21.6 Å². The predicted molar refractivity (Wildman–Crippen MR) is 94.5 cm³/mol. The summed E-state index contributed by atoms with van der Waals surface area (Å²) < 4.78 is 56.3. The Bertz CT molecular complexity index is 1080. The number of hydrogen-bond donors (Lipinski definition) is 5. The third kappa shape index (κ3) is 4.41. The third-order valence-corrected chi connectivity index (χ3v) is 5.77. The highest BCUT2D eigenvalue weighted by atomic mass is 32.2. The summed E-state index contributed by atoms with van der Waals surface area (Å²) >= 11 is 0. The number of nitrogens with two attached hydrogens (primary N) is 2. The van der Waals surface area contributed by atoms with Crippen molar-refractivity contribution < 1.29 is 31.3 Å². The monoisotopic (exact) mass is 401 g/mol. The lowest BCUT2D eigenvalue weighted by Crippen LogP contribution is -2.17. The quantitative estimate of drug-likeness (QED) is 0.340. The van der Waals surface area contributed by atoms with E-state index in [2.05, 4.69) is 5.32 Å². The zero-order valence-corrected chi connectivity index (χ0v) is 14.7. The molecule has 0 unspecified atom stereocenters. The molecular formula is C14H15N3O7S2. The summed E-state index contributed by atoms with van der Waals surface area (Å²) in [7, 11) is -8.80. The van der Waals surface area contributed by atoms with Gasteiger partial charge in [0.15, 0.2) is 15.6 Å². The molecule has 0 atom stereocenters. The fraction of sp³-hybridized carbons (Fsp3) is 0.0714. The molecule has 0 bridgehead atoms. The van der Waals surface area contributed by atoms with E-state index in [1.54, 1.807) is 0 Å². The first-order chi connectivity index (χ1) is 11.9. The smallest absolute Gasteiger partial charge is 0.319 e. The van der Waals surface area contributed by atoms with Gasteiger partial charge in [0.05, 0.1) is 16.3 Å².